The molecule has 35 heavy (non-hydrogen) atoms. The highest BCUT2D eigenvalue weighted by atomic mass is 19.1. The molecule has 0 aliphatic heterocycles. The van der Waals surface area contributed by atoms with Crippen LogP contribution in [0.25, 0.3) is 0 Å². The molecule has 0 fully saturated rings. The SMILES string of the molecule is CC(C)CNC(=O)[C@H](Cc1ccccc1)N(Cc1ccccc1F)C(=O)COc1ccccc1F. The highest BCUT2D eigenvalue weighted by molar-refractivity contribution is 5.88. The highest BCUT2D eigenvalue weighted by Gasteiger charge is 2.31. The fourth-order valence-corrected chi connectivity index (χ4v) is 3.57. The van der Waals surface area contributed by atoms with Gasteiger partial charge in [0.05, 0.1) is 0 Å². The van der Waals surface area contributed by atoms with Crippen LogP contribution in [0.3, 0.4) is 0 Å². The Morgan fingerprint density at radius 2 is 1.51 bits per heavy atom. The average molecular weight is 481 g/mol. The summed E-state index contributed by atoms with van der Waals surface area (Å²) in [7, 11) is 0. The van der Waals surface area contributed by atoms with Gasteiger partial charge in [0.25, 0.3) is 5.91 Å². The van der Waals surface area contributed by atoms with Crippen LogP contribution in [0, 0.1) is 17.6 Å². The molecule has 3 aromatic carbocycles. The van der Waals surface area contributed by atoms with Crippen molar-refractivity contribution in [3.05, 3.63) is 102 Å². The summed E-state index contributed by atoms with van der Waals surface area (Å²) in [5.41, 5.74) is 1.11. The summed E-state index contributed by atoms with van der Waals surface area (Å²) in [6, 6.07) is 20.2. The second kappa shape index (κ2) is 12.6. The zero-order valence-corrected chi connectivity index (χ0v) is 19.9. The maximum atomic E-state index is 14.5. The first-order valence-corrected chi connectivity index (χ1v) is 11.6. The third kappa shape index (κ3) is 7.64. The molecule has 0 saturated heterocycles. The smallest absolute Gasteiger partial charge is 0.261 e. The number of carbonyl (C=O) groups excluding carboxylic acids is 2. The molecule has 0 bridgehead atoms. The van der Waals surface area contributed by atoms with Gasteiger partial charge in [0, 0.05) is 25.1 Å². The monoisotopic (exact) mass is 480 g/mol. The van der Waals surface area contributed by atoms with Gasteiger partial charge in [0.1, 0.15) is 11.9 Å². The molecule has 1 atom stereocenters. The van der Waals surface area contributed by atoms with Crippen LogP contribution in [0.4, 0.5) is 8.78 Å². The van der Waals surface area contributed by atoms with Gasteiger partial charge >= 0.3 is 0 Å². The molecule has 2 amide bonds. The summed E-state index contributed by atoms with van der Waals surface area (Å²) in [4.78, 5) is 28.0. The number of rotatable bonds is 11. The van der Waals surface area contributed by atoms with E-state index < -0.39 is 30.2 Å². The van der Waals surface area contributed by atoms with Gasteiger partial charge in [-0.3, -0.25) is 9.59 Å². The quantitative estimate of drug-likeness (QED) is 0.431. The molecule has 3 rings (SSSR count). The molecule has 0 aromatic heterocycles. The van der Waals surface area contributed by atoms with Crippen LogP contribution in [-0.2, 0) is 22.6 Å². The summed E-state index contributed by atoms with van der Waals surface area (Å²) < 4.78 is 34.0. The van der Waals surface area contributed by atoms with Gasteiger partial charge in [-0.2, -0.15) is 0 Å². The lowest BCUT2D eigenvalue weighted by Crippen LogP contribution is -2.52. The number of hydrogen-bond acceptors (Lipinski definition) is 3. The molecule has 0 heterocycles. The van der Waals surface area contributed by atoms with Gasteiger partial charge in [-0.15, -0.1) is 0 Å². The fraction of sp³-hybridized carbons (Fsp3) is 0.286. The first-order valence-electron chi connectivity index (χ1n) is 11.6. The van der Waals surface area contributed by atoms with E-state index in [0.717, 1.165) is 5.56 Å². The summed E-state index contributed by atoms with van der Waals surface area (Å²) in [6.45, 7) is 3.72. The van der Waals surface area contributed by atoms with E-state index in [4.69, 9.17) is 4.74 Å². The van der Waals surface area contributed by atoms with Crippen LogP contribution in [-0.4, -0.2) is 35.9 Å². The molecular weight excluding hydrogens is 450 g/mol. The molecule has 3 aromatic rings. The Bertz CT molecular complexity index is 1120. The first kappa shape index (κ1) is 25.9. The van der Waals surface area contributed by atoms with E-state index >= 15 is 0 Å². The van der Waals surface area contributed by atoms with Gasteiger partial charge < -0.3 is 15.0 Å². The van der Waals surface area contributed by atoms with Crippen molar-refractivity contribution in [2.75, 3.05) is 13.2 Å². The zero-order valence-electron chi connectivity index (χ0n) is 19.9. The van der Waals surface area contributed by atoms with Crippen molar-refractivity contribution in [3.8, 4) is 5.75 Å². The van der Waals surface area contributed by atoms with Crippen LogP contribution in [0.1, 0.15) is 25.0 Å². The van der Waals surface area contributed by atoms with Gasteiger partial charge in [-0.05, 0) is 29.7 Å². The summed E-state index contributed by atoms with van der Waals surface area (Å²) in [5, 5.41) is 2.89. The number of para-hydroxylation sites is 1. The number of benzene rings is 3. The van der Waals surface area contributed by atoms with E-state index in [1.807, 2.05) is 44.2 Å². The number of halogens is 2. The van der Waals surface area contributed by atoms with Crippen LogP contribution in [0.5, 0.6) is 5.75 Å². The summed E-state index contributed by atoms with van der Waals surface area (Å²) in [5.74, 6) is -1.86. The number of ether oxygens (including phenoxy) is 1. The van der Waals surface area contributed by atoms with Crippen LogP contribution >= 0.6 is 0 Å². The Morgan fingerprint density at radius 3 is 2.17 bits per heavy atom. The van der Waals surface area contributed by atoms with E-state index in [2.05, 4.69) is 5.32 Å². The lowest BCUT2D eigenvalue weighted by molar-refractivity contribution is -0.142. The third-order valence-electron chi connectivity index (χ3n) is 5.44. The number of nitrogens with zero attached hydrogens (tertiary/aromatic N) is 1. The molecule has 0 aliphatic carbocycles. The molecule has 0 unspecified atom stereocenters. The maximum absolute atomic E-state index is 14.5. The Kier molecular flexibility index (Phi) is 9.35. The maximum Gasteiger partial charge on any atom is 0.261 e. The zero-order chi connectivity index (χ0) is 25.2. The molecule has 0 radical (unpaired) electrons. The lowest BCUT2D eigenvalue weighted by atomic mass is 10.0. The molecule has 5 nitrogen and oxygen atoms in total. The number of hydrogen-bond donors (Lipinski definition) is 1. The van der Waals surface area contributed by atoms with Crippen LogP contribution < -0.4 is 10.1 Å². The topological polar surface area (TPSA) is 58.6 Å². The molecule has 0 saturated carbocycles. The van der Waals surface area contributed by atoms with E-state index in [1.54, 1.807) is 24.3 Å². The van der Waals surface area contributed by atoms with Crippen molar-refractivity contribution in [2.24, 2.45) is 5.92 Å². The summed E-state index contributed by atoms with van der Waals surface area (Å²) >= 11 is 0. The highest BCUT2D eigenvalue weighted by Crippen LogP contribution is 2.19. The van der Waals surface area contributed by atoms with Gasteiger partial charge in [-0.25, -0.2) is 8.78 Å². The second-order valence-electron chi connectivity index (χ2n) is 8.68. The fourth-order valence-electron chi connectivity index (χ4n) is 3.57. The minimum atomic E-state index is -0.924. The average Bonchev–Trinajstić information content (AvgIpc) is 2.85. The lowest BCUT2D eigenvalue weighted by Gasteiger charge is -2.31. The molecule has 184 valence electrons. The minimum Gasteiger partial charge on any atom is -0.481 e. The van der Waals surface area contributed by atoms with E-state index in [1.165, 1.54) is 29.2 Å². The van der Waals surface area contributed by atoms with Gasteiger partial charge in [-0.1, -0.05) is 74.5 Å². The standard InChI is InChI=1S/C28H30F2N2O3/c1-20(2)17-31-28(34)25(16-21-10-4-3-5-11-21)32(18-22-12-6-7-13-23(22)29)27(33)19-35-26-15-9-8-14-24(26)30/h3-15,20,25H,16-19H2,1-2H3,(H,31,34)/t25-/m0/s1. The molecular formula is C28H30F2N2O3. The Hall–Kier alpha value is -3.74. The predicted octanol–water partition coefficient (Wildman–Crippen LogP) is 4.76. The molecule has 1 N–H and O–H groups in total. The number of nitrogens with one attached hydrogen (secondary N) is 1. The van der Waals surface area contributed by atoms with Crippen molar-refractivity contribution >= 4 is 11.8 Å². The van der Waals surface area contributed by atoms with E-state index in [-0.39, 0.29) is 36.1 Å². The first-order chi connectivity index (χ1) is 16.8. The van der Waals surface area contributed by atoms with Gasteiger partial charge in [0.15, 0.2) is 18.2 Å². The summed E-state index contributed by atoms with van der Waals surface area (Å²) in [6.07, 6.45) is 0.227. The predicted molar refractivity (Wildman–Crippen MR) is 131 cm³/mol. The molecule has 0 spiro atoms. The van der Waals surface area contributed by atoms with Gasteiger partial charge in [0.2, 0.25) is 5.91 Å². The molecule has 7 heteroatoms. The second-order valence-corrected chi connectivity index (χ2v) is 8.68. The van der Waals surface area contributed by atoms with Crippen molar-refractivity contribution in [2.45, 2.75) is 32.9 Å². The third-order valence-corrected chi connectivity index (χ3v) is 5.44. The van der Waals surface area contributed by atoms with E-state index in [9.17, 15) is 18.4 Å². The van der Waals surface area contributed by atoms with Crippen molar-refractivity contribution in [1.29, 1.82) is 0 Å². The Balaban J connectivity index is 1.92. The Labute approximate surface area is 204 Å². The normalized spacial score (nSPS) is 11.7. The number of carbonyl (C=O) groups is 2. The van der Waals surface area contributed by atoms with Crippen molar-refractivity contribution < 1.29 is 23.1 Å². The minimum absolute atomic E-state index is 0.0736. The largest absolute Gasteiger partial charge is 0.481 e. The van der Waals surface area contributed by atoms with Crippen LogP contribution in [0.2, 0.25) is 0 Å². The van der Waals surface area contributed by atoms with Crippen molar-refractivity contribution in [3.63, 3.8) is 0 Å². The Morgan fingerprint density at radius 1 is 0.886 bits per heavy atom. The molecule has 0 aliphatic rings. The van der Waals surface area contributed by atoms with Crippen molar-refractivity contribution in [1.82, 2.24) is 10.2 Å². The number of amides is 2. The van der Waals surface area contributed by atoms with E-state index in [0.29, 0.717) is 6.54 Å². The van der Waals surface area contributed by atoms with Crippen LogP contribution in [0.15, 0.2) is 78.9 Å².